The number of hydrogen-bond acceptors (Lipinski definition) is 5. The summed E-state index contributed by atoms with van der Waals surface area (Å²) in [6.45, 7) is 1.67. The summed E-state index contributed by atoms with van der Waals surface area (Å²) < 4.78 is 1.70. The number of rotatable bonds is 3. The van der Waals surface area contributed by atoms with E-state index in [-0.39, 0.29) is 11.6 Å². The fraction of sp³-hybridized carbons (Fsp3) is 0.619. The van der Waals surface area contributed by atoms with E-state index in [4.69, 9.17) is 10.1 Å². The van der Waals surface area contributed by atoms with Gasteiger partial charge in [0.1, 0.15) is 12.1 Å². The van der Waals surface area contributed by atoms with E-state index in [0.717, 1.165) is 68.6 Å². The highest BCUT2D eigenvalue weighted by atomic mass is 16.1. The van der Waals surface area contributed by atoms with Crippen molar-refractivity contribution in [2.24, 2.45) is 0 Å². The molecule has 0 radical (unpaired) electrons. The number of nitrogens with zero attached hydrogens (tertiary/aromatic N) is 5. The third-order valence-electron chi connectivity index (χ3n) is 6.41. The van der Waals surface area contributed by atoms with Gasteiger partial charge in [0.2, 0.25) is 0 Å². The van der Waals surface area contributed by atoms with E-state index < -0.39 is 0 Å². The Morgan fingerprint density at radius 1 is 0.963 bits per heavy atom. The van der Waals surface area contributed by atoms with Crippen molar-refractivity contribution in [2.75, 3.05) is 11.4 Å². The Morgan fingerprint density at radius 2 is 1.85 bits per heavy atom. The smallest absolute Gasteiger partial charge is 0.267 e. The van der Waals surface area contributed by atoms with Crippen LogP contribution in [-0.4, -0.2) is 32.3 Å². The second-order valence-electron chi connectivity index (χ2n) is 8.16. The van der Waals surface area contributed by atoms with E-state index in [9.17, 15) is 4.79 Å². The first-order valence-corrected chi connectivity index (χ1v) is 10.5. The lowest BCUT2D eigenvalue weighted by Crippen LogP contribution is -2.38. The average Bonchev–Trinajstić information content (AvgIpc) is 3.24. The number of aromatic nitrogens is 4. The molecule has 1 saturated heterocycles. The van der Waals surface area contributed by atoms with E-state index in [1.807, 2.05) is 6.07 Å². The maximum atomic E-state index is 12.5. The van der Waals surface area contributed by atoms with Crippen LogP contribution in [0.3, 0.4) is 0 Å². The van der Waals surface area contributed by atoms with Gasteiger partial charge in [0.25, 0.3) is 5.56 Å². The lowest BCUT2D eigenvalue weighted by molar-refractivity contribution is 0.481. The van der Waals surface area contributed by atoms with Crippen molar-refractivity contribution in [2.45, 2.75) is 76.8 Å². The number of hydrogen-bond donors (Lipinski definition) is 0. The first kappa shape index (κ1) is 16.9. The fourth-order valence-corrected chi connectivity index (χ4v) is 5.00. The lowest BCUT2D eigenvalue weighted by atomic mass is 10.1. The molecule has 0 bridgehead atoms. The maximum absolute atomic E-state index is 12.5. The predicted octanol–water partition coefficient (Wildman–Crippen LogP) is 2.46. The minimum Gasteiger partial charge on any atom is -0.351 e. The molecule has 27 heavy (non-hydrogen) atoms. The van der Waals surface area contributed by atoms with Gasteiger partial charge >= 0.3 is 0 Å². The molecule has 142 valence electrons. The summed E-state index contributed by atoms with van der Waals surface area (Å²) in [5.74, 6) is 1.11. The van der Waals surface area contributed by atoms with Crippen molar-refractivity contribution in [3.8, 4) is 0 Å². The summed E-state index contributed by atoms with van der Waals surface area (Å²) in [5, 5.41) is 4.69. The fourth-order valence-electron chi connectivity index (χ4n) is 5.00. The lowest BCUT2D eigenvalue weighted by Gasteiger charge is -2.28. The Kier molecular flexibility index (Phi) is 4.42. The van der Waals surface area contributed by atoms with Gasteiger partial charge in [-0.15, -0.1) is 0 Å². The van der Waals surface area contributed by atoms with Gasteiger partial charge in [-0.2, -0.15) is 5.10 Å². The van der Waals surface area contributed by atoms with Gasteiger partial charge in [-0.1, -0.05) is 6.42 Å². The topological polar surface area (TPSA) is 63.9 Å². The van der Waals surface area contributed by atoms with Crippen LogP contribution in [0.2, 0.25) is 0 Å². The Labute approximate surface area is 159 Å². The molecular formula is C21H27N5O. The molecule has 1 aliphatic heterocycles. The zero-order chi connectivity index (χ0) is 18.2. The molecule has 1 unspecified atom stereocenters. The predicted molar refractivity (Wildman–Crippen MR) is 104 cm³/mol. The molecule has 5 rings (SSSR count). The van der Waals surface area contributed by atoms with Crippen LogP contribution < -0.4 is 10.5 Å². The van der Waals surface area contributed by atoms with Gasteiger partial charge in [-0.05, 0) is 63.4 Å². The molecule has 0 spiro atoms. The molecule has 6 nitrogen and oxygen atoms in total. The third kappa shape index (κ3) is 3.15. The Balaban J connectivity index is 1.44. The van der Waals surface area contributed by atoms with Gasteiger partial charge < -0.3 is 4.90 Å². The van der Waals surface area contributed by atoms with Crippen molar-refractivity contribution >= 4 is 5.82 Å². The number of fused-ring (bicyclic) bond motifs is 2. The van der Waals surface area contributed by atoms with Crippen molar-refractivity contribution in [3.63, 3.8) is 0 Å². The zero-order valence-electron chi connectivity index (χ0n) is 15.9. The molecule has 6 heteroatoms. The highest BCUT2D eigenvalue weighted by Crippen LogP contribution is 2.31. The van der Waals surface area contributed by atoms with Crippen molar-refractivity contribution in [3.05, 3.63) is 45.3 Å². The first-order valence-electron chi connectivity index (χ1n) is 10.5. The molecule has 0 saturated carbocycles. The molecule has 2 aliphatic carbocycles. The molecule has 1 atom stereocenters. The Morgan fingerprint density at radius 3 is 2.81 bits per heavy atom. The van der Waals surface area contributed by atoms with Gasteiger partial charge in [0, 0.05) is 23.9 Å². The van der Waals surface area contributed by atoms with Crippen molar-refractivity contribution in [1.82, 2.24) is 19.7 Å². The largest absolute Gasteiger partial charge is 0.351 e. The molecule has 0 amide bonds. The molecule has 3 aliphatic rings. The van der Waals surface area contributed by atoms with Gasteiger partial charge in [0.15, 0.2) is 0 Å². The van der Waals surface area contributed by atoms with Crippen LogP contribution in [0.5, 0.6) is 0 Å². The van der Waals surface area contributed by atoms with Crippen LogP contribution in [0, 0.1) is 0 Å². The summed E-state index contributed by atoms with van der Waals surface area (Å²) in [4.78, 5) is 24.2. The van der Waals surface area contributed by atoms with Crippen molar-refractivity contribution < 1.29 is 0 Å². The first-order chi connectivity index (χ1) is 13.3. The summed E-state index contributed by atoms with van der Waals surface area (Å²) >= 11 is 0. The quantitative estimate of drug-likeness (QED) is 0.782. The van der Waals surface area contributed by atoms with Crippen LogP contribution in [0.15, 0.2) is 17.2 Å². The molecule has 3 heterocycles. The van der Waals surface area contributed by atoms with Gasteiger partial charge in [0.05, 0.1) is 18.3 Å². The van der Waals surface area contributed by atoms with Crippen LogP contribution in [0.25, 0.3) is 0 Å². The third-order valence-corrected chi connectivity index (χ3v) is 6.41. The van der Waals surface area contributed by atoms with E-state index in [1.54, 1.807) is 11.0 Å². The van der Waals surface area contributed by atoms with Crippen LogP contribution in [-0.2, 0) is 32.2 Å². The van der Waals surface area contributed by atoms with Crippen LogP contribution >= 0.6 is 0 Å². The van der Waals surface area contributed by atoms with Gasteiger partial charge in [-0.3, -0.25) is 4.79 Å². The monoisotopic (exact) mass is 365 g/mol. The molecule has 0 aromatic carbocycles. The molecule has 2 aromatic rings. The summed E-state index contributed by atoms with van der Waals surface area (Å²) in [6, 6.07) is 2.10. The molecule has 0 N–H and O–H groups in total. The summed E-state index contributed by atoms with van der Waals surface area (Å²) in [7, 11) is 0. The minimum atomic E-state index is 0.0454. The molecular weight excluding hydrogens is 338 g/mol. The van der Waals surface area contributed by atoms with Crippen LogP contribution in [0.4, 0.5) is 5.82 Å². The van der Waals surface area contributed by atoms with E-state index in [1.165, 1.54) is 30.5 Å². The highest BCUT2D eigenvalue weighted by Gasteiger charge is 2.30. The summed E-state index contributed by atoms with van der Waals surface area (Å²) in [5.41, 5.74) is 4.90. The van der Waals surface area contributed by atoms with Gasteiger partial charge in [-0.25, -0.2) is 14.6 Å². The number of aryl methyl sites for hydroxylation is 3. The highest BCUT2D eigenvalue weighted by molar-refractivity contribution is 5.51. The second-order valence-corrected chi connectivity index (χ2v) is 8.16. The second kappa shape index (κ2) is 7.06. The number of anilines is 1. The zero-order valence-corrected chi connectivity index (χ0v) is 15.9. The van der Waals surface area contributed by atoms with Crippen LogP contribution in [0.1, 0.15) is 61.0 Å². The SMILES string of the molecule is O=c1cc2c(nn1CC1CCCN1c1ncnc3c1CCCCC3)CCC2. The molecule has 1 fully saturated rings. The Hall–Kier alpha value is -2.24. The maximum Gasteiger partial charge on any atom is 0.267 e. The average molecular weight is 365 g/mol. The van der Waals surface area contributed by atoms with E-state index in [0.29, 0.717) is 6.54 Å². The molecule has 2 aromatic heterocycles. The van der Waals surface area contributed by atoms with Crippen molar-refractivity contribution in [1.29, 1.82) is 0 Å². The normalized spacial score (nSPS) is 21.8. The van der Waals surface area contributed by atoms with E-state index >= 15 is 0 Å². The summed E-state index contributed by atoms with van der Waals surface area (Å²) in [6.07, 6.45) is 12.9. The Bertz CT molecular complexity index is 906. The standard InChI is InChI=1S/C21H27N5O/c27-20-12-15-6-4-10-18(15)24-26(20)13-16-7-5-11-25(16)21-17-8-2-1-3-9-19(17)22-14-23-21/h12,14,16H,1-11,13H2. The minimum absolute atomic E-state index is 0.0454. The van der Waals surface area contributed by atoms with E-state index in [2.05, 4.69) is 9.88 Å².